The normalized spacial score (nSPS) is 14.0. The van der Waals surface area contributed by atoms with Crippen LogP contribution in [-0.4, -0.2) is 52.2 Å². The van der Waals surface area contributed by atoms with Crippen molar-refractivity contribution in [3.05, 3.63) is 100 Å². The Balaban J connectivity index is 1.26. The average molecular weight is 565 g/mol. The number of halogens is 1. The molecule has 0 saturated carbocycles. The molecule has 2 aromatic heterocycles. The molecule has 1 aliphatic rings. The van der Waals surface area contributed by atoms with Gasteiger partial charge in [0, 0.05) is 71.8 Å². The van der Waals surface area contributed by atoms with Crippen molar-refractivity contribution in [2.45, 2.75) is 20.4 Å². The lowest BCUT2D eigenvalue weighted by molar-refractivity contribution is 0.271. The minimum atomic E-state index is -0.133. The van der Waals surface area contributed by atoms with Gasteiger partial charge in [-0.3, -0.25) is 9.36 Å². The van der Waals surface area contributed by atoms with Crippen LogP contribution in [0.3, 0.4) is 0 Å². The molecule has 8 heteroatoms. The SMILES string of the molecule is CCN1CCN(c2ccc(Nc3ncc4cc(-c5ccc(-c6ccccc6)cc5Cl)c(=O)n(CC)c4n3)cc2)CC1. The van der Waals surface area contributed by atoms with Crippen LogP contribution in [0.15, 0.2) is 89.9 Å². The molecule has 3 aromatic carbocycles. The van der Waals surface area contributed by atoms with Gasteiger partial charge in [-0.2, -0.15) is 4.98 Å². The number of anilines is 3. The first-order valence-corrected chi connectivity index (χ1v) is 14.5. The van der Waals surface area contributed by atoms with Gasteiger partial charge in [-0.15, -0.1) is 0 Å². The van der Waals surface area contributed by atoms with Gasteiger partial charge in [0.25, 0.3) is 5.56 Å². The van der Waals surface area contributed by atoms with Crippen molar-refractivity contribution >= 4 is 40.0 Å². The first kappa shape index (κ1) is 27.0. The van der Waals surface area contributed by atoms with E-state index in [4.69, 9.17) is 16.6 Å². The number of aryl methyl sites for hydroxylation is 1. The van der Waals surface area contributed by atoms with E-state index in [0.29, 0.717) is 34.3 Å². The second kappa shape index (κ2) is 11.7. The molecule has 7 nitrogen and oxygen atoms in total. The molecule has 6 rings (SSSR count). The molecule has 1 saturated heterocycles. The molecule has 0 bridgehead atoms. The lowest BCUT2D eigenvalue weighted by Gasteiger charge is -2.35. The lowest BCUT2D eigenvalue weighted by Crippen LogP contribution is -2.46. The molecule has 1 aliphatic heterocycles. The van der Waals surface area contributed by atoms with Crippen molar-refractivity contribution in [1.29, 1.82) is 0 Å². The predicted octanol–water partition coefficient (Wildman–Crippen LogP) is 6.68. The third-order valence-corrected chi connectivity index (χ3v) is 8.13. The Labute approximate surface area is 245 Å². The summed E-state index contributed by atoms with van der Waals surface area (Å²) < 4.78 is 1.68. The van der Waals surface area contributed by atoms with E-state index < -0.39 is 0 Å². The van der Waals surface area contributed by atoms with E-state index in [-0.39, 0.29) is 5.56 Å². The van der Waals surface area contributed by atoms with Crippen molar-refractivity contribution in [2.24, 2.45) is 0 Å². The van der Waals surface area contributed by atoms with Crippen LogP contribution < -0.4 is 15.8 Å². The molecule has 1 N–H and O–H groups in total. The Kier molecular flexibility index (Phi) is 7.72. The van der Waals surface area contributed by atoms with Crippen molar-refractivity contribution in [1.82, 2.24) is 19.4 Å². The van der Waals surface area contributed by atoms with E-state index in [0.717, 1.165) is 54.9 Å². The van der Waals surface area contributed by atoms with Crippen molar-refractivity contribution in [3.63, 3.8) is 0 Å². The van der Waals surface area contributed by atoms with Gasteiger partial charge in [0.1, 0.15) is 5.65 Å². The highest BCUT2D eigenvalue weighted by molar-refractivity contribution is 6.33. The number of hydrogen-bond acceptors (Lipinski definition) is 6. The average Bonchev–Trinajstić information content (AvgIpc) is 3.02. The van der Waals surface area contributed by atoms with E-state index in [1.54, 1.807) is 10.8 Å². The summed E-state index contributed by atoms with van der Waals surface area (Å²) in [6.07, 6.45) is 1.76. The Morgan fingerprint density at radius 2 is 1.59 bits per heavy atom. The smallest absolute Gasteiger partial charge is 0.260 e. The van der Waals surface area contributed by atoms with Gasteiger partial charge in [-0.1, -0.05) is 61.0 Å². The maximum atomic E-state index is 13.6. The molecule has 1 fully saturated rings. The van der Waals surface area contributed by atoms with Crippen LogP contribution in [0.2, 0.25) is 5.02 Å². The number of nitrogens with zero attached hydrogens (tertiary/aromatic N) is 5. The number of fused-ring (bicyclic) bond motifs is 1. The summed E-state index contributed by atoms with van der Waals surface area (Å²) >= 11 is 6.73. The summed E-state index contributed by atoms with van der Waals surface area (Å²) in [5.74, 6) is 0.446. The fourth-order valence-corrected chi connectivity index (χ4v) is 5.74. The van der Waals surface area contributed by atoms with Crippen LogP contribution in [0.5, 0.6) is 0 Å². The van der Waals surface area contributed by atoms with Gasteiger partial charge in [-0.05, 0) is 61.0 Å². The Morgan fingerprint density at radius 3 is 2.27 bits per heavy atom. The van der Waals surface area contributed by atoms with Crippen LogP contribution in [0.1, 0.15) is 13.8 Å². The number of likely N-dealkylation sites (N-methyl/N-ethyl adjacent to an activating group) is 1. The molecule has 0 spiro atoms. The number of nitrogens with one attached hydrogen (secondary N) is 1. The van der Waals surface area contributed by atoms with Gasteiger partial charge in [-0.25, -0.2) is 4.98 Å². The molecule has 3 heterocycles. The quantitative estimate of drug-likeness (QED) is 0.238. The maximum absolute atomic E-state index is 13.6. The summed E-state index contributed by atoms with van der Waals surface area (Å²) in [4.78, 5) is 27.8. The van der Waals surface area contributed by atoms with Gasteiger partial charge in [0.05, 0.1) is 0 Å². The third-order valence-electron chi connectivity index (χ3n) is 7.82. The topological polar surface area (TPSA) is 66.3 Å². The van der Waals surface area contributed by atoms with E-state index >= 15 is 0 Å². The van der Waals surface area contributed by atoms with E-state index in [9.17, 15) is 4.79 Å². The number of piperazine rings is 1. The van der Waals surface area contributed by atoms with Crippen molar-refractivity contribution < 1.29 is 0 Å². The molecule has 0 amide bonds. The minimum Gasteiger partial charge on any atom is -0.369 e. The second-order valence-electron chi connectivity index (χ2n) is 10.2. The van der Waals surface area contributed by atoms with E-state index in [1.807, 2.05) is 73.7 Å². The number of rotatable bonds is 7. The molecular formula is C33H33ClN6O. The molecule has 41 heavy (non-hydrogen) atoms. The first-order chi connectivity index (χ1) is 20.0. The molecule has 0 unspecified atom stereocenters. The standard InChI is InChI=1S/C33H33ClN6O/c1-3-38-16-18-39(19-17-38)27-13-11-26(12-14-27)36-33-35-22-25-20-29(32(41)40(4-2)31(25)37-33)28-15-10-24(21-30(28)34)23-8-6-5-7-9-23/h5-15,20-22H,3-4,16-19H2,1-2H3,(H,35,36,37). The minimum absolute atomic E-state index is 0.133. The highest BCUT2D eigenvalue weighted by Crippen LogP contribution is 2.32. The zero-order chi connectivity index (χ0) is 28.3. The van der Waals surface area contributed by atoms with Crippen LogP contribution in [0.4, 0.5) is 17.3 Å². The number of pyridine rings is 1. The van der Waals surface area contributed by atoms with E-state index in [2.05, 4.69) is 39.2 Å². The van der Waals surface area contributed by atoms with Gasteiger partial charge in [0.15, 0.2) is 0 Å². The third kappa shape index (κ3) is 5.56. The Bertz CT molecular complexity index is 1730. The molecule has 0 radical (unpaired) electrons. The van der Waals surface area contributed by atoms with E-state index in [1.165, 1.54) is 5.69 Å². The van der Waals surface area contributed by atoms with Gasteiger partial charge < -0.3 is 15.1 Å². The summed E-state index contributed by atoms with van der Waals surface area (Å²) in [6, 6.07) is 26.1. The summed E-state index contributed by atoms with van der Waals surface area (Å²) in [7, 11) is 0. The zero-order valence-corrected chi connectivity index (χ0v) is 24.1. The van der Waals surface area contributed by atoms with Crippen molar-refractivity contribution in [2.75, 3.05) is 42.9 Å². The first-order valence-electron chi connectivity index (χ1n) is 14.1. The summed E-state index contributed by atoms with van der Waals surface area (Å²) in [6.45, 7) is 9.98. The molecule has 208 valence electrons. The fourth-order valence-electron chi connectivity index (χ4n) is 5.46. The molecule has 0 aliphatic carbocycles. The fraction of sp³-hybridized carbons (Fsp3) is 0.242. The Hall–Kier alpha value is -4.20. The molecule has 0 atom stereocenters. The summed E-state index contributed by atoms with van der Waals surface area (Å²) in [5, 5.41) is 4.61. The summed E-state index contributed by atoms with van der Waals surface area (Å²) in [5.41, 5.74) is 5.86. The van der Waals surface area contributed by atoms with Crippen LogP contribution in [0.25, 0.3) is 33.3 Å². The largest absolute Gasteiger partial charge is 0.369 e. The Morgan fingerprint density at radius 1 is 0.829 bits per heavy atom. The maximum Gasteiger partial charge on any atom is 0.260 e. The molecular weight excluding hydrogens is 532 g/mol. The number of hydrogen-bond donors (Lipinski definition) is 1. The van der Waals surface area contributed by atoms with Crippen LogP contribution >= 0.6 is 11.6 Å². The highest BCUT2D eigenvalue weighted by Gasteiger charge is 2.17. The lowest BCUT2D eigenvalue weighted by atomic mass is 10.0. The monoisotopic (exact) mass is 564 g/mol. The van der Waals surface area contributed by atoms with Crippen LogP contribution in [0, 0.1) is 0 Å². The zero-order valence-electron chi connectivity index (χ0n) is 23.3. The van der Waals surface area contributed by atoms with Crippen molar-refractivity contribution in [3.8, 4) is 22.3 Å². The second-order valence-corrected chi connectivity index (χ2v) is 10.6. The van der Waals surface area contributed by atoms with Gasteiger partial charge >= 0.3 is 0 Å². The van der Waals surface area contributed by atoms with Crippen LogP contribution in [-0.2, 0) is 6.54 Å². The van der Waals surface area contributed by atoms with Gasteiger partial charge in [0.2, 0.25) is 5.95 Å². The highest BCUT2D eigenvalue weighted by atomic mass is 35.5. The molecule has 5 aromatic rings. The number of benzene rings is 3. The predicted molar refractivity (Wildman–Crippen MR) is 169 cm³/mol. The number of aromatic nitrogens is 3.